The lowest BCUT2D eigenvalue weighted by molar-refractivity contribution is -0.113. The van der Waals surface area contributed by atoms with E-state index in [1.165, 1.54) is 47.0 Å². The van der Waals surface area contributed by atoms with Gasteiger partial charge in [-0.2, -0.15) is 0 Å². The quantitative estimate of drug-likeness (QED) is 0.191. The summed E-state index contributed by atoms with van der Waals surface area (Å²) < 4.78 is 0. The minimum atomic E-state index is -0.511. The number of hydrogen-bond acceptors (Lipinski definition) is 11. The van der Waals surface area contributed by atoms with Crippen molar-refractivity contribution < 1.29 is 19.2 Å². The third-order valence-corrected chi connectivity index (χ3v) is 15.2. The van der Waals surface area contributed by atoms with Crippen LogP contribution in [0.1, 0.15) is 70.9 Å². The van der Waals surface area contributed by atoms with Gasteiger partial charge >= 0.3 is 0 Å². The largest absolute Gasteiger partial charge is 0.355 e. The van der Waals surface area contributed by atoms with Gasteiger partial charge in [0.05, 0.1) is 44.9 Å². The highest BCUT2D eigenvalue weighted by molar-refractivity contribution is 8.15. The van der Waals surface area contributed by atoms with Crippen molar-refractivity contribution in [3.8, 4) is 0 Å². The number of aromatic amines is 2. The molecule has 0 saturated heterocycles. The van der Waals surface area contributed by atoms with Crippen LogP contribution in [0.3, 0.4) is 0 Å². The first kappa shape index (κ1) is 34.1. The standard InChI is InChI=1S/C41H31N5O4S4/c1-16-5-9-30(53-38(16)47)25-12-21-14-29-35-31-10-8-23(41(50)54-31)34(35)37(45-29)46-36-33-19(4)52-39(48)18(3)32(33)28(44-36)13-20-11-24(26(42-20)15-27(25)43-21)22-7-6-17(2)51-40(22)49/h5-17,19,22-23,30-31,43H,3H2,1-2,4H3,(H,44,45,46). The number of nitrogens with one attached hydrogen (secondary N) is 2. The molecule has 0 amide bonds. The average Bonchev–Trinajstić information content (AvgIpc) is 3.90. The summed E-state index contributed by atoms with van der Waals surface area (Å²) in [6, 6.07) is 7.90. The zero-order valence-electron chi connectivity index (χ0n) is 29.2. The van der Waals surface area contributed by atoms with Crippen LogP contribution in [-0.4, -0.2) is 55.9 Å². The van der Waals surface area contributed by atoms with Crippen molar-refractivity contribution >= 4 is 118 Å². The summed E-state index contributed by atoms with van der Waals surface area (Å²) in [5.74, 6) is -0.710. The van der Waals surface area contributed by atoms with Crippen LogP contribution in [0.15, 0.2) is 67.3 Å². The van der Waals surface area contributed by atoms with Crippen LogP contribution in [0, 0.1) is 17.8 Å². The molecule has 13 heteroatoms. The molecule has 10 bridgehead atoms. The van der Waals surface area contributed by atoms with Gasteiger partial charge in [-0.3, -0.25) is 19.2 Å². The van der Waals surface area contributed by atoms with Gasteiger partial charge in [-0.1, -0.05) is 97.0 Å². The van der Waals surface area contributed by atoms with Crippen LogP contribution in [-0.2, 0) is 19.2 Å². The summed E-state index contributed by atoms with van der Waals surface area (Å²) in [6.45, 7) is 10.1. The third kappa shape index (κ3) is 5.37. The molecule has 3 aromatic heterocycles. The van der Waals surface area contributed by atoms with E-state index < -0.39 is 11.8 Å². The molecule has 11 rings (SSSR count). The number of fused-ring (bicyclic) bond motifs is 12. The number of thioether (sulfide) groups is 4. The van der Waals surface area contributed by atoms with Crippen LogP contribution in [0.4, 0.5) is 0 Å². The number of allylic oxidation sites excluding steroid dienone is 5. The third-order valence-electron chi connectivity index (χ3n) is 10.7. The molecular formula is C41H31N5O4S4. The van der Waals surface area contributed by atoms with Gasteiger partial charge in [-0.15, -0.1) is 0 Å². The lowest BCUT2D eigenvalue weighted by atomic mass is 9.87. The molecule has 3 aromatic rings. The maximum atomic E-state index is 13.5. The number of rotatable bonds is 2. The van der Waals surface area contributed by atoms with E-state index in [2.05, 4.69) is 40.8 Å². The predicted molar refractivity (Wildman–Crippen MR) is 221 cm³/mol. The van der Waals surface area contributed by atoms with Crippen molar-refractivity contribution in [2.75, 3.05) is 0 Å². The highest BCUT2D eigenvalue weighted by Gasteiger charge is 2.43. The topological polar surface area (TPSA) is 139 Å². The molecule has 0 spiro atoms. The molecule has 0 aromatic carbocycles. The lowest BCUT2D eigenvalue weighted by Gasteiger charge is -2.30. The van der Waals surface area contributed by atoms with Crippen LogP contribution in [0.5, 0.6) is 0 Å². The molecule has 0 saturated carbocycles. The molecule has 8 aliphatic rings. The Labute approximate surface area is 326 Å². The molecule has 7 aliphatic heterocycles. The molecule has 2 N–H and O–H groups in total. The Morgan fingerprint density at radius 1 is 0.685 bits per heavy atom. The minimum absolute atomic E-state index is 0.0427. The van der Waals surface area contributed by atoms with Crippen molar-refractivity contribution in [3.05, 3.63) is 107 Å². The summed E-state index contributed by atoms with van der Waals surface area (Å²) in [4.78, 5) is 75.5. The normalized spacial score (nSPS) is 28.5. The van der Waals surface area contributed by atoms with Gasteiger partial charge in [-0.25, -0.2) is 15.0 Å². The zero-order chi connectivity index (χ0) is 37.2. The van der Waals surface area contributed by atoms with E-state index in [1.807, 2.05) is 63.3 Å². The van der Waals surface area contributed by atoms with Crippen LogP contribution >= 0.6 is 47.0 Å². The van der Waals surface area contributed by atoms with Crippen LogP contribution in [0.2, 0.25) is 0 Å². The fourth-order valence-electron chi connectivity index (χ4n) is 8.07. The fourth-order valence-corrected chi connectivity index (χ4v) is 12.0. The second-order valence-corrected chi connectivity index (χ2v) is 19.3. The van der Waals surface area contributed by atoms with Gasteiger partial charge in [0.2, 0.25) is 15.3 Å². The Morgan fingerprint density at radius 3 is 2.26 bits per heavy atom. The molecule has 54 heavy (non-hydrogen) atoms. The summed E-state index contributed by atoms with van der Waals surface area (Å²) in [5.41, 5.74) is 9.96. The Bertz CT molecular complexity index is 2660. The summed E-state index contributed by atoms with van der Waals surface area (Å²) in [5, 5.41) is -0.521. The van der Waals surface area contributed by atoms with Crippen LogP contribution < -0.4 is 0 Å². The number of carbonyl (C=O) groups excluding carboxylic acids is 4. The lowest BCUT2D eigenvalue weighted by Crippen LogP contribution is -2.26. The van der Waals surface area contributed by atoms with Gasteiger partial charge in [0, 0.05) is 55.3 Å². The first-order valence-corrected chi connectivity index (χ1v) is 21.2. The van der Waals surface area contributed by atoms with E-state index in [-0.39, 0.29) is 47.4 Å². The second kappa shape index (κ2) is 12.6. The first-order valence-electron chi connectivity index (χ1n) is 17.7. The smallest absolute Gasteiger partial charge is 0.220 e. The van der Waals surface area contributed by atoms with Crippen LogP contribution in [0.25, 0.3) is 50.6 Å². The number of hydrogen-bond donors (Lipinski definition) is 2. The molecule has 268 valence electrons. The molecule has 0 radical (unpaired) electrons. The van der Waals surface area contributed by atoms with E-state index in [0.717, 1.165) is 38.9 Å². The van der Waals surface area contributed by atoms with E-state index >= 15 is 0 Å². The molecule has 0 fully saturated rings. The monoisotopic (exact) mass is 785 g/mol. The van der Waals surface area contributed by atoms with E-state index in [4.69, 9.17) is 15.0 Å². The summed E-state index contributed by atoms with van der Waals surface area (Å²) in [6.07, 6.45) is 14.0. The van der Waals surface area contributed by atoms with E-state index in [9.17, 15) is 19.2 Å². The molecule has 7 atom stereocenters. The Balaban J connectivity index is 1.31. The predicted octanol–water partition coefficient (Wildman–Crippen LogP) is 8.68. The Hall–Kier alpha value is -4.43. The highest BCUT2D eigenvalue weighted by Crippen LogP contribution is 2.52. The van der Waals surface area contributed by atoms with E-state index in [1.54, 1.807) is 0 Å². The zero-order valence-corrected chi connectivity index (χ0v) is 32.5. The number of aromatic nitrogens is 5. The van der Waals surface area contributed by atoms with Gasteiger partial charge in [-0.05, 0) is 55.3 Å². The van der Waals surface area contributed by atoms with Gasteiger partial charge < -0.3 is 9.97 Å². The van der Waals surface area contributed by atoms with Gasteiger partial charge in [0.15, 0.2) is 10.9 Å². The number of H-pyrrole nitrogens is 2. The molecule has 1 aliphatic carbocycles. The maximum Gasteiger partial charge on any atom is 0.220 e. The minimum Gasteiger partial charge on any atom is -0.355 e. The van der Waals surface area contributed by atoms with Gasteiger partial charge in [0.1, 0.15) is 5.65 Å². The average molecular weight is 786 g/mol. The molecule has 10 heterocycles. The molecule has 9 nitrogen and oxygen atoms in total. The molecular weight excluding hydrogens is 755 g/mol. The Morgan fingerprint density at radius 2 is 1.46 bits per heavy atom. The van der Waals surface area contributed by atoms with Crippen molar-refractivity contribution in [3.63, 3.8) is 0 Å². The fraction of sp³-hybridized carbons (Fsp3) is 0.244. The van der Waals surface area contributed by atoms with Crippen molar-refractivity contribution in [2.24, 2.45) is 17.8 Å². The summed E-state index contributed by atoms with van der Waals surface area (Å²) >= 11 is 5.11. The second-order valence-electron chi connectivity index (χ2n) is 14.3. The van der Waals surface area contributed by atoms with Crippen molar-refractivity contribution in [2.45, 2.75) is 41.8 Å². The van der Waals surface area contributed by atoms with Gasteiger partial charge in [0.25, 0.3) is 0 Å². The maximum absolute atomic E-state index is 13.5. The van der Waals surface area contributed by atoms with Crippen molar-refractivity contribution in [1.82, 2.24) is 24.9 Å². The van der Waals surface area contributed by atoms with Crippen molar-refractivity contribution in [1.29, 1.82) is 0 Å². The highest BCUT2D eigenvalue weighted by atomic mass is 32.2. The van der Waals surface area contributed by atoms with E-state index in [0.29, 0.717) is 45.2 Å². The summed E-state index contributed by atoms with van der Waals surface area (Å²) in [7, 11) is 0. The Kier molecular flexibility index (Phi) is 7.92. The number of nitrogens with zero attached hydrogens (tertiary/aromatic N) is 3. The SMILES string of the molecule is C=C1C(=O)SC(C)c2c1c1cc3nc(cc4[nH]c(cc5nc(nc2[nH]1)C1=C5C2C=CC1C(=O)S2)cc4C1C=CC(C)C(=O)S1)C(C1C=CC(C)SC1=O)=C3. The molecule has 7 unspecified atom stereocenters. The first-order chi connectivity index (χ1) is 26.0. The number of carbonyl (C=O) groups is 4.